The number of piperidine rings is 1. The summed E-state index contributed by atoms with van der Waals surface area (Å²) in [4.78, 5) is 27.3. The lowest BCUT2D eigenvalue weighted by Crippen LogP contribution is -2.44. The Hall–Kier alpha value is -2.41. The Kier molecular flexibility index (Phi) is 6.67. The zero-order chi connectivity index (χ0) is 20.9. The normalized spacial score (nSPS) is 20.5. The first kappa shape index (κ1) is 20.8. The van der Waals surface area contributed by atoms with Crippen LogP contribution in [0.4, 0.5) is 0 Å². The molecular weight excluding hydrogens is 378 g/mol. The summed E-state index contributed by atoms with van der Waals surface area (Å²) in [6, 6.07) is 10.8. The molecular formula is C23H33N5O2. The molecule has 3 heterocycles. The van der Waals surface area contributed by atoms with E-state index in [1.165, 1.54) is 5.56 Å². The number of nitrogens with one attached hydrogen (secondary N) is 1. The van der Waals surface area contributed by atoms with Crippen molar-refractivity contribution in [1.29, 1.82) is 0 Å². The van der Waals surface area contributed by atoms with Crippen LogP contribution in [0.15, 0.2) is 35.1 Å². The second-order valence-corrected chi connectivity index (χ2v) is 8.63. The van der Waals surface area contributed by atoms with E-state index in [2.05, 4.69) is 45.6 Å². The summed E-state index contributed by atoms with van der Waals surface area (Å²) in [7, 11) is 0. The molecule has 162 valence electrons. The molecule has 2 aliphatic heterocycles. The minimum atomic E-state index is -0.0138. The summed E-state index contributed by atoms with van der Waals surface area (Å²) in [6.07, 6.45) is 5.46. The second kappa shape index (κ2) is 9.60. The van der Waals surface area contributed by atoms with E-state index in [9.17, 15) is 9.59 Å². The van der Waals surface area contributed by atoms with Gasteiger partial charge in [-0.3, -0.25) is 14.3 Å². The predicted molar refractivity (Wildman–Crippen MR) is 117 cm³/mol. The monoisotopic (exact) mass is 411 g/mol. The minimum Gasteiger partial charge on any atom is -0.352 e. The van der Waals surface area contributed by atoms with Crippen molar-refractivity contribution in [2.75, 3.05) is 19.6 Å². The third-order valence-corrected chi connectivity index (χ3v) is 6.44. The fraction of sp³-hybridized carbons (Fsp3) is 0.609. The van der Waals surface area contributed by atoms with Crippen molar-refractivity contribution in [1.82, 2.24) is 24.6 Å². The maximum absolute atomic E-state index is 12.6. The summed E-state index contributed by atoms with van der Waals surface area (Å²) < 4.78 is 3.36. The Balaban J connectivity index is 1.24. The third kappa shape index (κ3) is 4.83. The summed E-state index contributed by atoms with van der Waals surface area (Å²) in [5.41, 5.74) is 1.40. The molecule has 1 unspecified atom stereocenters. The van der Waals surface area contributed by atoms with Gasteiger partial charge in [0.1, 0.15) is 5.82 Å². The van der Waals surface area contributed by atoms with E-state index in [4.69, 9.17) is 0 Å². The lowest BCUT2D eigenvalue weighted by atomic mass is 9.89. The van der Waals surface area contributed by atoms with Crippen LogP contribution in [0, 0.1) is 0 Å². The lowest BCUT2D eigenvalue weighted by Gasteiger charge is -2.32. The molecule has 2 aliphatic rings. The smallest absolute Gasteiger partial charge is 0.345 e. The van der Waals surface area contributed by atoms with E-state index in [1.807, 2.05) is 6.92 Å². The first-order valence-corrected chi connectivity index (χ1v) is 11.4. The summed E-state index contributed by atoms with van der Waals surface area (Å²) in [5.74, 6) is 1.56. The number of benzene rings is 1. The number of fused-ring (bicyclic) bond motifs is 1. The number of hydrogen-bond acceptors (Lipinski definition) is 4. The van der Waals surface area contributed by atoms with Gasteiger partial charge in [0.05, 0.1) is 6.54 Å². The largest absolute Gasteiger partial charge is 0.352 e. The first-order valence-electron chi connectivity index (χ1n) is 11.4. The molecule has 1 amide bonds. The van der Waals surface area contributed by atoms with Crippen LogP contribution >= 0.6 is 0 Å². The Morgan fingerprint density at radius 2 is 1.87 bits per heavy atom. The molecule has 2 aromatic rings. The molecule has 7 heteroatoms. The molecule has 0 saturated carbocycles. The summed E-state index contributed by atoms with van der Waals surface area (Å²) in [5, 5.41) is 7.69. The number of rotatable bonds is 6. The standard InChI is InChI=1S/C23H33N5O2/c1-2-13-28-23(30)27-16-12-20(8-9-21(27)25-28)24-22(29)17-26-14-10-19(11-15-26)18-6-4-3-5-7-18/h3-7,19-20H,2,8-17H2,1H3,(H,24,29). The predicted octanol–water partition coefficient (Wildman–Crippen LogP) is 2.16. The number of carbonyl (C=O) groups excluding carboxylic acids is 1. The molecule has 1 fully saturated rings. The third-order valence-electron chi connectivity index (χ3n) is 6.44. The van der Waals surface area contributed by atoms with Crippen LogP contribution in [-0.2, 0) is 24.3 Å². The van der Waals surface area contributed by atoms with E-state index in [0.29, 0.717) is 25.6 Å². The Bertz CT molecular complexity index is 896. The van der Waals surface area contributed by atoms with Gasteiger partial charge in [0.2, 0.25) is 5.91 Å². The van der Waals surface area contributed by atoms with Crippen LogP contribution in [0.25, 0.3) is 0 Å². The fourth-order valence-electron chi connectivity index (χ4n) is 4.76. The number of aromatic nitrogens is 3. The molecule has 1 aromatic heterocycles. The van der Waals surface area contributed by atoms with E-state index in [1.54, 1.807) is 9.25 Å². The molecule has 4 rings (SSSR count). The number of carbonyl (C=O) groups is 1. The molecule has 0 radical (unpaired) electrons. The van der Waals surface area contributed by atoms with Crippen LogP contribution in [-0.4, -0.2) is 50.8 Å². The van der Waals surface area contributed by atoms with Crippen molar-refractivity contribution in [3.8, 4) is 0 Å². The highest BCUT2D eigenvalue weighted by molar-refractivity contribution is 5.78. The van der Waals surface area contributed by atoms with Gasteiger partial charge in [-0.25, -0.2) is 9.48 Å². The Labute approximate surface area is 178 Å². The number of nitrogens with zero attached hydrogens (tertiary/aromatic N) is 4. The van der Waals surface area contributed by atoms with Gasteiger partial charge in [-0.05, 0) is 56.7 Å². The lowest BCUT2D eigenvalue weighted by molar-refractivity contribution is -0.123. The average molecular weight is 412 g/mol. The molecule has 0 bridgehead atoms. The second-order valence-electron chi connectivity index (χ2n) is 8.63. The highest BCUT2D eigenvalue weighted by atomic mass is 16.2. The van der Waals surface area contributed by atoms with Gasteiger partial charge in [0.15, 0.2) is 0 Å². The molecule has 1 N–H and O–H groups in total. The van der Waals surface area contributed by atoms with Crippen molar-refractivity contribution in [2.45, 2.75) is 70.5 Å². The highest BCUT2D eigenvalue weighted by Crippen LogP contribution is 2.27. The topological polar surface area (TPSA) is 72.2 Å². The van der Waals surface area contributed by atoms with Crippen LogP contribution < -0.4 is 11.0 Å². The quantitative estimate of drug-likeness (QED) is 0.791. The van der Waals surface area contributed by atoms with Crippen molar-refractivity contribution < 1.29 is 4.79 Å². The zero-order valence-electron chi connectivity index (χ0n) is 17.9. The molecule has 0 aliphatic carbocycles. The number of hydrogen-bond donors (Lipinski definition) is 1. The maximum atomic E-state index is 12.6. The van der Waals surface area contributed by atoms with E-state index >= 15 is 0 Å². The minimum absolute atomic E-state index is 0.0138. The number of likely N-dealkylation sites (tertiary alicyclic amines) is 1. The van der Waals surface area contributed by atoms with E-state index in [0.717, 1.165) is 57.4 Å². The van der Waals surface area contributed by atoms with Crippen LogP contribution in [0.5, 0.6) is 0 Å². The van der Waals surface area contributed by atoms with Gasteiger partial charge in [-0.2, -0.15) is 5.10 Å². The Morgan fingerprint density at radius 3 is 2.60 bits per heavy atom. The van der Waals surface area contributed by atoms with Gasteiger partial charge in [0.25, 0.3) is 0 Å². The zero-order valence-corrected chi connectivity index (χ0v) is 17.9. The molecule has 1 saturated heterocycles. The van der Waals surface area contributed by atoms with Crippen molar-refractivity contribution in [2.24, 2.45) is 0 Å². The SMILES string of the molecule is CCCn1nc2n(c1=O)CCC(NC(=O)CN1CCC(c3ccccc3)CC1)CC2. The molecule has 30 heavy (non-hydrogen) atoms. The molecule has 1 aromatic carbocycles. The average Bonchev–Trinajstić information content (AvgIpc) is 2.92. The van der Waals surface area contributed by atoms with E-state index < -0.39 is 0 Å². The van der Waals surface area contributed by atoms with Crippen LogP contribution in [0.3, 0.4) is 0 Å². The van der Waals surface area contributed by atoms with Crippen molar-refractivity contribution >= 4 is 5.91 Å². The number of aryl methyl sites for hydroxylation is 2. The van der Waals surface area contributed by atoms with Crippen molar-refractivity contribution in [3.63, 3.8) is 0 Å². The summed E-state index contributed by atoms with van der Waals surface area (Å²) >= 11 is 0. The van der Waals surface area contributed by atoms with Crippen LogP contribution in [0.2, 0.25) is 0 Å². The van der Waals surface area contributed by atoms with Crippen LogP contribution in [0.1, 0.15) is 56.3 Å². The molecule has 1 atom stereocenters. The highest BCUT2D eigenvalue weighted by Gasteiger charge is 2.25. The fourth-order valence-corrected chi connectivity index (χ4v) is 4.76. The van der Waals surface area contributed by atoms with Gasteiger partial charge in [-0.1, -0.05) is 37.3 Å². The van der Waals surface area contributed by atoms with Gasteiger partial charge < -0.3 is 5.32 Å². The maximum Gasteiger partial charge on any atom is 0.345 e. The first-order chi connectivity index (χ1) is 14.6. The summed E-state index contributed by atoms with van der Waals surface area (Å²) in [6.45, 7) is 5.73. The van der Waals surface area contributed by atoms with E-state index in [-0.39, 0.29) is 17.6 Å². The Morgan fingerprint density at radius 1 is 1.10 bits per heavy atom. The van der Waals surface area contributed by atoms with Crippen molar-refractivity contribution in [3.05, 3.63) is 52.2 Å². The number of amides is 1. The molecule has 7 nitrogen and oxygen atoms in total. The molecule has 0 spiro atoms. The van der Waals surface area contributed by atoms with Gasteiger partial charge >= 0.3 is 5.69 Å². The van der Waals surface area contributed by atoms with Gasteiger partial charge in [-0.15, -0.1) is 0 Å². The van der Waals surface area contributed by atoms with Gasteiger partial charge in [0, 0.05) is 25.6 Å².